The number of alkyl halides is 2. The summed E-state index contributed by atoms with van der Waals surface area (Å²) in [6.45, 7) is -2.77. The Bertz CT molecular complexity index is 977. The Labute approximate surface area is 168 Å². The molecule has 1 amide bonds. The summed E-state index contributed by atoms with van der Waals surface area (Å²) in [5.41, 5.74) is 2.99. The van der Waals surface area contributed by atoms with Crippen LogP contribution in [0, 0.1) is 0 Å². The van der Waals surface area contributed by atoms with E-state index in [1.54, 1.807) is 13.1 Å². The number of rotatable bonds is 7. The highest BCUT2D eigenvalue weighted by atomic mass is 19.3. The van der Waals surface area contributed by atoms with Gasteiger partial charge in [0.05, 0.1) is 12.7 Å². The lowest BCUT2D eigenvalue weighted by atomic mass is 9.99. The molecule has 4 nitrogen and oxygen atoms in total. The first kappa shape index (κ1) is 20.3. The van der Waals surface area contributed by atoms with Crippen molar-refractivity contribution in [3.8, 4) is 22.6 Å². The number of halogens is 2. The van der Waals surface area contributed by atoms with Crippen molar-refractivity contribution in [2.45, 2.75) is 13.2 Å². The van der Waals surface area contributed by atoms with Crippen molar-refractivity contribution in [1.29, 1.82) is 0 Å². The minimum absolute atomic E-state index is 0.0179. The van der Waals surface area contributed by atoms with Crippen LogP contribution in [-0.4, -0.2) is 31.6 Å². The summed E-state index contributed by atoms with van der Waals surface area (Å²) in [5, 5.41) is 0. The normalized spacial score (nSPS) is 10.7. The zero-order chi connectivity index (χ0) is 20.8. The van der Waals surface area contributed by atoms with Gasteiger partial charge in [-0.3, -0.25) is 4.79 Å². The third kappa shape index (κ3) is 4.71. The summed E-state index contributed by atoms with van der Waals surface area (Å²) < 4.78 is 35.4. The Morgan fingerprint density at radius 1 is 0.966 bits per heavy atom. The van der Waals surface area contributed by atoms with Gasteiger partial charge in [-0.05, 0) is 28.8 Å². The molecule has 0 N–H and O–H groups in total. The Morgan fingerprint density at radius 2 is 1.66 bits per heavy atom. The van der Waals surface area contributed by atoms with Crippen molar-refractivity contribution in [3.05, 3.63) is 83.9 Å². The number of hydrogen-bond acceptors (Lipinski definition) is 3. The van der Waals surface area contributed by atoms with E-state index < -0.39 is 12.5 Å². The van der Waals surface area contributed by atoms with Crippen molar-refractivity contribution in [2.75, 3.05) is 14.2 Å². The molecule has 0 aliphatic heterocycles. The Hall–Kier alpha value is -3.41. The van der Waals surface area contributed by atoms with Crippen LogP contribution >= 0.6 is 0 Å². The number of ether oxygens (including phenoxy) is 2. The number of amides is 1. The van der Waals surface area contributed by atoms with Crippen molar-refractivity contribution in [2.24, 2.45) is 0 Å². The molecule has 0 unspecified atom stereocenters. The van der Waals surface area contributed by atoms with Crippen LogP contribution in [0.2, 0.25) is 0 Å². The summed E-state index contributed by atoms with van der Waals surface area (Å²) in [7, 11) is 2.96. The molecule has 0 atom stereocenters. The number of methoxy groups -OCH3 is 1. The minimum Gasteiger partial charge on any atom is -0.493 e. The topological polar surface area (TPSA) is 38.8 Å². The monoisotopic (exact) mass is 397 g/mol. The van der Waals surface area contributed by atoms with Gasteiger partial charge < -0.3 is 14.4 Å². The Balaban J connectivity index is 1.90. The van der Waals surface area contributed by atoms with Crippen molar-refractivity contribution >= 4 is 5.91 Å². The molecular weight excluding hydrogens is 376 g/mol. The molecule has 0 spiro atoms. The van der Waals surface area contributed by atoms with Gasteiger partial charge in [0.2, 0.25) is 0 Å². The fourth-order valence-electron chi connectivity index (χ4n) is 3.15. The molecule has 0 saturated carbocycles. The van der Waals surface area contributed by atoms with Gasteiger partial charge in [-0.25, -0.2) is 0 Å². The predicted octanol–water partition coefficient (Wildman–Crippen LogP) is 5.24. The first-order valence-corrected chi connectivity index (χ1v) is 9.02. The average molecular weight is 397 g/mol. The lowest BCUT2D eigenvalue weighted by Crippen LogP contribution is -2.27. The number of para-hydroxylation sites is 1. The fraction of sp³-hybridized carbons (Fsp3) is 0.174. The molecule has 3 rings (SSSR count). The first-order chi connectivity index (χ1) is 14.0. The molecule has 3 aromatic rings. The number of benzene rings is 3. The van der Waals surface area contributed by atoms with E-state index in [4.69, 9.17) is 4.74 Å². The van der Waals surface area contributed by atoms with E-state index in [9.17, 15) is 13.6 Å². The zero-order valence-corrected chi connectivity index (χ0v) is 16.1. The molecular formula is C23H21F2NO3. The average Bonchev–Trinajstić information content (AvgIpc) is 2.74. The number of hydrogen-bond donors (Lipinski definition) is 0. The molecule has 0 fully saturated rings. The molecule has 150 valence electrons. The van der Waals surface area contributed by atoms with Crippen molar-refractivity contribution in [3.63, 3.8) is 0 Å². The van der Waals surface area contributed by atoms with Crippen LogP contribution in [0.5, 0.6) is 11.5 Å². The van der Waals surface area contributed by atoms with Gasteiger partial charge in [0.25, 0.3) is 5.91 Å². The summed E-state index contributed by atoms with van der Waals surface area (Å²) in [4.78, 5) is 14.5. The number of carbonyl (C=O) groups excluding carboxylic acids is 1. The molecule has 0 heterocycles. The highest BCUT2D eigenvalue weighted by molar-refractivity contribution is 5.97. The highest BCUT2D eigenvalue weighted by Crippen LogP contribution is 2.33. The van der Waals surface area contributed by atoms with Crippen LogP contribution in [-0.2, 0) is 6.54 Å². The quantitative estimate of drug-likeness (QED) is 0.548. The number of nitrogens with zero attached hydrogens (tertiary/aromatic N) is 1. The van der Waals surface area contributed by atoms with Crippen LogP contribution in [0.15, 0.2) is 72.8 Å². The van der Waals surface area contributed by atoms with E-state index in [-0.39, 0.29) is 17.1 Å². The van der Waals surface area contributed by atoms with Gasteiger partial charge in [-0.15, -0.1) is 0 Å². The van der Waals surface area contributed by atoms with Crippen LogP contribution < -0.4 is 9.47 Å². The highest BCUT2D eigenvalue weighted by Gasteiger charge is 2.23. The third-order valence-electron chi connectivity index (χ3n) is 4.49. The standard InChI is InChI=1S/C23H21F2NO3/c1-26(15-17-11-6-7-12-18(17)16-9-4-3-5-10-16)22(27)19-13-8-14-20(28-2)21(19)29-23(24)25/h3-14,23H,15H2,1-2H3. The lowest BCUT2D eigenvalue weighted by Gasteiger charge is -2.21. The summed E-state index contributed by atoms with van der Waals surface area (Å²) in [6, 6.07) is 22.1. The molecule has 0 bridgehead atoms. The molecule has 0 saturated heterocycles. The van der Waals surface area contributed by atoms with Crippen LogP contribution in [0.1, 0.15) is 15.9 Å². The molecule has 0 aliphatic carbocycles. The molecule has 29 heavy (non-hydrogen) atoms. The summed E-state index contributed by atoms with van der Waals surface area (Å²) >= 11 is 0. The third-order valence-corrected chi connectivity index (χ3v) is 4.49. The SMILES string of the molecule is COc1cccc(C(=O)N(C)Cc2ccccc2-c2ccccc2)c1OC(F)F. The van der Waals surface area contributed by atoms with Crippen LogP contribution in [0.3, 0.4) is 0 Å². The van der Waals surface area contributed by atoms with Gasteiger partial charge in [-0.1, -0.05) is 60.7 Å². The predicted molar refractivity (Wildman–Crippen MR) is 107 cm³/mol. The molecule has 6 heteroatoms. The van der Waals surface area contributed by atoms with E-state index >= 15 is 0 Å². The Morgan fingerprint density at radius 3 is 2.34 bits per heavy atom. The minimum atomic E-state index is -3.07. The largest absolute Gasteiger partial charge is 0.493 e. The molecule has 0 aliphatic rings. The molecule has 3 aromatic carbocycles. The fourth-order valence-corrected chi connectivity index (χ4v) is 3.15. The van der Waals surface area contributed by atoms with Crippen molar-refractivity contribution < 1.29 is 23.0 Å². The Kier molecular flexibility index (Phi) is 6.44. The van der Waals surface area contributed by atoms with E-state index in [1.807, 2.05) is 54.6 Å². The van der Waals surface area contributed by atoms with E-state index in [0.717, 1.165) is 16.7 Å². The van der Waals surface area contributed by atoms with E-state index in [1.165, 1.54) is 24.1 Å². The lowest BCUT2D eigenvalue weighted by molar-refractivity contribution is -0.0516. The van der Waals surface area contributed by atoms with Gasteiger partial charge in [-0.2, -0.15) is 8.78 Å². The summed E-state index contributed by atoms with van der Waals surface area (Å²) in [6.07, 6.45) is 0. The van der Waals surface area contributed by atoms with Gasteiger partial charge >= 0.3 is 6.61 Å². The zero-order valence-electron chi connectivity index (χ0n) is 16.1. The maximum absolute atomic E-state index is 13.0. The molecule has 0 radical (unpaired) electrons. The number of carbonyl (C=O) groups is 1. The van der Waals surface area contributed by atoms with E-state index in [2.05, 4.69) is 4.74 Å². The van der Waals surface area contributed by atoms with Gasteiger partial charge in [0, 0.05) is 13.6 Å². The second-order valence-electron chi connectivity index (χ2n) is 6.40. The van der Waals surface area contributed by atoms with Crippen LogP contribution in [0.4, 0.5) is 8.78 Å². The first-order valence-electron chi connectivity index (χ1n) is 9.02. The summed E-state index contributed by atoms with van der Waals surface area (Å²) in [5.74, 6) is -0.630. The molecule has 0 aromatic heterocycles. The second-order valence-corrected chi connectivity index (χ2v) is 6.40. The van der Waals surface area contributed by atoms with Gasteiger partial charge in [0.1, 0.15) is 0 Å². The van der Waals surface area contributed by atoms with Crippen LogP contribution in [0.25, 0.3) is 11.1 Å². The van der Waals surface area contributed by atoms with Gasteiger partial charge in [0.15, 0.2) is 11.5 Å². The maximum atomic E-state index is 13.0. The smallest absolute Gasteiger partial charge is 0.387 e. The van der Waals surface area contributed by atoms with Crippen molar-refractivity contribution in [1.82, 2.24) is 4.90 Å². The second kappa shape index (κ2) is 9.19. The maximum Gasteiger partial charge on any atom is 0.387 e. The van der Waals surface area contributed by atoms with E-state index in [0.29, 0.717) is 6.54 Å².